The van der Waals surface area contributed by atoms with E-state index < -0.39 is 5.02 Å². The lowest BCUT2D eigenvalue weighted by Gasteiger charge is -2.05. The molecule has 1 aromatic carbocycles. The summed E-state index contributed by atoms with van der Waals surface area (Å²) in [4.78, 5) is 0. The van der Waals surface area contributed by atoms with Gasteiger partial charge in [-0.3, -0.25) is 0 Å². The van der Waals surface area contributed by atoms with E-state index in [2.05, 4.69) is 0 Å². The maximum absolute atomic E-state index is 5.44. The van der Waals surface area contributed by atoms with Gasteiger partial charge in [-0.1, -0.05) is 23.2 Å². The van der Waals surface area contributed by atoms with E-state index in [1.807, 2.05) is 0 Å². The Morgan fingerprint density at radius 1 is 1.18 bits per heavy atom. The largest absolute Gasteiger partial charge is 0.461 e. The van der Waals surface area contributed by atoms with Crippen molar-refractivity contribution in [2.24, 2.45) is 0 Å². The smallest absolute Gasteiger partial charge is 0.247 e. The van der Waals surface area contributed by atoms with Crippen molar-refractivity contribution in [1.82, 2.24) is 0 Å². The van der Waals surface area contributed by atoms with E-state index in [4.69, 9.17) is 33.7 Å². The molecule has 1 aromatic rings. The van der Waals surface area contributed by atoms with Gasteiger partial charge >= 0.3 is 0 Å². The zero-order valence-electron chi connectivity index (χ0n) is 5.63. The van der Waals surface area contributed by atoms with Crippen LogP contribution in [0.2, 0.25) is 0 Å². The third-order valence-corrected chi connectivity index (χ3v) is 1.28. The van der Waals surface area contributed by atoms with Crippen molar-refractivity contribution in [3.05, 3.63) is 24.3 Å². The van der Waals surface area contributed by atoms with E-state index in [9.17, 15) is 0 Å². The van der Waals surface area contributed by atoms with Gasteiger partial charge in [-0.25, -0.2) is 0 Å². The maximum Gasteiger partial charge on any atom is 0.247 e. The highest BCUT2D eigenvalue weighted by atomic mass is 35.5. The normalized spacial score (nSPS) is 10.1. The predicted molar refractivity (Wildman–Crippen MR) is 47.0 cm³/mol. The van der Waals surface area contributed by atoms with E-state index in [0.717, 1.165) is 0 Å². The molecule has 0 saturated heterocycles. The van der Waals surface area contributed by atoms with Crippen LogP contribution in [0.25, 0.3) is 0 Å². The molecule has 0 aromatic heterocycles. The van der Waals surface area contributed by atoms with Crippen LogP contribution in [0.1, 0.15) is 0 Å². The number of alkyl halides is 2. The molecule has 0 saturated carbocycles. The SMILES string of the molecule is Nc1ccc(OC(Cl)Cl)cc1. The van der Waals surface area contributed by atoms with Gasteiger partial charge in [0.25, 0.3) is 0 Å². The van der Waals surface area contributed by atoms with Crippen LogP contribution in [0.4, 0.5) is 5.69 Å². The quantitative estimate of drug-likeness (QED) is 0.576. The molecule has 0 bridgehead atoms. The number of hydrogen-bond acceptors (Lipinski definition) is 2. The Hall–Kier alpha value is -0.600. The third-order valence-electron chi connectivity index (χ3n) is 1.11. The number of benzene rings is 1. The van der Waals surface area contributed by atoms with Crippen molar-refractivity contribution < 1.29 is 4.74 Å². The Balaban J connectivity index is 2.66. The Labute approximate surface area is 74.9 Å². The number of nitrogen functional groups attached to an aromatic ring is 1. The Morgan fingerprint density at radius 2 is 1.73 bits per heavy atom. The highest BCUT2D eigenvalue weighted by Crippen LogP contribution is 2.17. The van der Waals surface area contributed by atoms with Gasteiger partial charge < -0.3 is 10.5 Å². The second kappa shape index (κ2) is 3.69. The van der Waals surface area contributed by atoms with Crippen molar-refractivity contribution >= 4 is 28.9 Å². The molecule has 0 fully saturated rings. The summed E-state index contributed by atoms with van der Waals surface area (Å²) < 4.78 is 4.94. The Kier molecular flexibility index (Phi) is 2.85. The minimum atomic E-state index is -0.835. The molecule has 60 valence electrons. The first-order valence-electron chi connectivity index (χ1n) is 2.99. The Morgan fingerprint density at radius 3 is 2.18 bits per heavy atom. The molecule has 0 spiro atoms. The van der Waals surface area contributed by atoms with Crippen molar-refractivity contribution in [3.63, 3.8) is 0 Å². The van der Waals surface area contributed by atoms with Crippen LogP contribution in [0.5, 0.6) is 5.75 Å². The Bertz CT molecular complexity index is 222. The van der Waals surface area contributed by atoms with E-state index in [-0.39, 0.29) is 0 Å². The molecule has 0 radical (unpaired) electrons. The molecule has 0 heterocycles. The summed E-state index contributed by atoms with van der Waals surface area (Å²) in [6.07, 6.45) is 0. The first-order chi connectivity index (χ1) is 5.18. The lowest BCUT2D eigenvalue weighted by Crippen LogP contribution is -1.98. The van der Waals surface area contributed by atoms with Crippen LogP contribution < -0.4 is 10.5 Å². The fourth-order valence-corrected chi connectivity index (χ4v) is 0.855. The molecule has 2 N–H and O–H groups in total. The van der Waals surface area contributed by atoms with Gasteiger partial charge in [0, 0.05) is 5.69 Å². The molecule has 0 aliphatic heterocycles. The van der Waals surface area contributed by atoms with Crippen LogP contribution in [0.3, 0.4) is 0 Å². The number of rotatable bonds is 2. The molecule has 0 atom stereocenters. The van der Waals surface area contributed by atoms with Gasteiger partial charge in [0.05, 0.1) is 0 Å². The van der Waals surface area contributed by atoms with Crippen molar-refractivity contribution in [2.75, 3.05) is 5.73 Å². The van der Waals surface area contributed by atoms with E-state index in [1.54, 1.807) is 24.3 Å². The lowest BCUT2D eigenvalue weighted by atomic mass is 10.3. The average Bonchev–Trinajstić information content (AvgIpc) is 1.93. The van der Waals surface area contributed by atoms with Crippen LogP contribution in [-0.4, -0.2) is 5.02 Å². The van der Waals surface area contributed by atoms with Gasteiger partial charge in [0.2, 0.25) is 5.02 Å². The summed E-state index contributed by atoms with van der Waals surface area (Å²) in [5.74, 6) is 0.606. The summed E-state index contributed by atoms with van der Waals surface area (Å²) in [6.45, 7) is 0. The molecular formula is C7H7Cl2NO. The molecule has 0 aliphatic rings. The van der Waals surface area contributed by atoms with Gasteiger partial charge in [0.1, 0.15) is 5.75 Å². The summed E-state index contributed by atoms with van der Waals surface area (Å²) in [5, 5.41) is -0.835. The van der Waals surface area contributed by atoms with Crippen LogP contribution >= 0.6 is 23.2 Å². The van der Waals surface area contributed by atoms with E-state index in [0.29, 0.717) is 11.4 Å². The molecular weight excluding hydrogens is 185 g/mol. The third kappa shape index (κ3) is 2.87. The lowest BCUT2D eigenvalue weighted by molar-refractivity contribution is 0.354. The molecule has 11 heavy (non-hydrogen) atoms. The van der Waals surface area contributed by atoms with Gasteiger partial charge in [-0.15, -0.1) is 0 Å². The van der Waals surface area contributed by atoms with Gasteiger partial charge in [-0.2, -0.15) is 0 Å². The second-order valence-electron chi connectivity index (χ2n) is 1.95. The van der Waals surface area contributed by atoms with Crippen molar-refractivity contribution in [3.8, 4) is 5.75 Å². The number of ether oxygens (including phenoxy) is 1. The second-order valence-corrected chi connectivity index (χ2v) is 2.96. The average molecular weight is 192 g/mol. The van der Waals surface area contributed by atoms with Gasteiger partial charge in [0.15, 0.2) is 0 Å². The summed E-state index contributed by atoms with van der Waals surface area (Å²) in [5.41, 5.74) is 6.11. The monoisotopic (exact) mass is 191 g/mol. The minimum absolute atomic E-state index is 0.606. The molecule has 0 amide bonds. The van der Waals surface area contributed by atoms with Crippen LogP contribution in [0, 0.1) is 0 Å². The predicted octanol–water partition coefficient (Wildman–Crippen LogP) is 2.41. The van der Waals surface area contributed by atoms with Gasteiger partial charge in [-0.05, 0) is 24.3 Å². The van der Waals surface area contributed by atoms with Crippen molar-refractivity contribution in [1.29, 1.82) is 0 Å². The number of halogens is 2. The minimum Gasteiger partial charge on any atom is -0.461 e. The van der Waals surface area contributed by atoms with E-state index >= 15 is 0 Å². The standard InChI is InChI=1S/C7H7Cl2NO/c8-7(9)11-6-3-1-5(10)2-4-6/h1-4,7H,10H2. The maximum atomic E-state index is 5.44. The highest BCUT2D eigenvalue weighted by Gasteiger charge is 1.98. The number of anilines is 1. The van der Waals surface area contributed by atoms with Crippen LogP contribution in [-0.2, 0) is 0 Å². The summed E-state index contributed by atoms with van der Waals surface area (Å²) in [6, 6.07) is 6.83. The molecule has 0 aliphatic carbocycles. The first-order valence-corrected chi connectivity index (χ1v) is 3.86. The fraction of sp³-hybridized carbons (Fsp3) is 0.143. The molecule has 0 unspecified atom stereocenters. The zero-order chi connectivity index (χ0) is 8.27. The molecule has 2 nitrogen and oxygen atoms in total. The first kappa shape index (κ1) is 8.50. The zero-order valence-corrected chi connectivity index (χ0v) is 7.14. The van der Waals surface area contributed by atoms with Crippen molar-refractivity contribution in [2.45, 2.75) is 5.02 Å². The number of hydrogen-bond donors (Lipinski definition) is 1. The highest BCUT2D eigenvalue weighted by molar-refractivity contribution is 6.43. The number of nitrogens with two attached hydrogens (primary N) is 1. The summed E-state index contributed by atoms with van der Waals surface area (Å²) >= 11 is 10.7. The molecule has 4 heteroatoms. The van der Waals surface area contributed by atoms with Crippen LogP contribution in [0.15, 0.2) is 24.3 Å². The summed E-state index contributed by atoms with van der Waals surface area (Å²) in [7, 11) is 0. The van der Waals surface area contributed by atoms with E-state index in [1.165, 1.54) is 0 Å². The fourth-order valence-electron chi connectivity index (χ4n) is 0.649. The molecule has 1 rings (SSSR count). The topological polar surface area (TPSA) is 35.2 Å².